The van der Waals surface area contributed by atoms with Crippen LogP contribution < -0.4 is 4.74 Å². The minimum atomic E-state index is -0.392. The molecule has 0 saturated carbocycles. The lowest BCUT2D eigenvalue weighted by atomic mass is 9.99. The van der Waals surface area contributed by atoms with Crippen LogP contribution >= 0.6 is 22.9 Å². The number of halogens is 1. The van der Waals surface area contributed by atoms with Crippen LogP contribution in [0.4, 0.5) is 0 Å². The van der Waals surface area contributed by atoms with Gasteiger partial charge < -0.3 is 19.8 Å². The smallest absolute Gasteiger partial charge is 0.279 e. The van der Waals surface area contributed by atoms with Gasteiger partial charge in [0.2, 0.25) is 5.91 Å². The van der Waals surface area contributed by atoms with Crippen LogP contribution in [0.15, 0.2) is 42.5 Å². The largest absolute Gasteiger partial charge is 0.431 e. The van der Waals surface area contributed by atoms with Crippen LogP contribution in [0.1, 0.15) is 18.4 Å². The fraction of sp³-hybridized carbons (Fsp3) is 0.300. The van der Waals surface area contributed by atoms with Gasteiger partial charge >= 0.3 is 0 Å². The number of ether oxygens (including phenoxy) is 1. The minimum Gasteiger partial charge on any atom is -0.431 e. The predicted molar refractivity (Wildman–Crippen MR) is 110 cm³/mol. The molecule has 0 radical (unpaired) electrons. The summed E-state index contributed by atoms with van der Waals surface area (Å²) < 4.78 is 6.78. The van der Waals surface area contributed by atoms with Gasteiger partial charge in [-0.15, -0.1) is 0 Å². The van der Waals surface area contributed by atoms with E-state index in [1.807, 2.05) is 24.3 Å². The van der Waals surface area contributed by atoms with Crippen LogP contribution in [0.3, 0.4) is 0 Å². The van der Waals surface area contributed by atoms with Gasteiger partial charge in [0.25, 0.3) is 5.19 Å². The summed E-state index contributed by atoms with van der Waals surface area (Å²) in [5, 5.41) is 19.4. The molecule has 1 heterocycles. The molecule has 2 aromatic carbocycles. The number of rotatable bonds is 8. The number of nitrogens with zero attached hydrogens (tertiary/aromatic N) is 2. The summed E-state index contributed by atoms with van der Waals surface area (Å²) in [4.78, 5) is 18.5. The molecule has 1 aromatic heterocycles. The Hall–Kier alpha value is -2.19. The quantitative estimate of drug-likeness (QED) is 0.581. The SMILES string of the molecule is CC(C(=O)N(CCO)CCO)c1ccc(Oc2nc3ccc(Cl)cc3s2)cc1. The van der Waals surface area contributed by atoms with Gasteiger partial charge in [-0.1, -0.05) is 35.1 Å². The predicted octanol–water partition coefficient (Wildman–Crippen LogP) is 3.66. The average Bonchev–Trinajstić information content (AvgIpc) is 3.08. The zero-order chi connectivity index (χ0) is 20.1. The zero-order valence-electron chi connectivity index (χ0n) is 15.3. The number of hydrogen-bond donors (Lipinski definition) is 2. The summed E-state index contributed by atoms with van der Waals surface area (Å²) in [5.74, 6) is 0.0905. The summed E-state index contributed by atoms with van der Waals surface area (Å²) in [6.45, 7) is 1.92. The van der Waals surface area contributed by atoms with E-state index in [4.69, 9.17) is 26.6 Å². The van der Waals surface area contributed by atoms with Crippen LogP contribution in [0.5, 0.6) is 10.9 Å². The van der Waals surface area contributed by atoms with Gasteiger partial charge in [-0.2, -0.15) is 0 Å². The van der Waals surface area contributed by atoms with E-state index in [0.29, 0.717) is 16.0 Å². The lowest BCUT2D eigenvalue weighted by molar-refractivity contribution is -0.133. The molecule has 28 heavy (non-hydrogen) atoms. The first kappa shape index (κ1) is 20.5. The number of thiazole rings is 1. The maximum absolute atomic E-state index is 12.6. The fourth-order valence-electron chi connectivity index (χ4n) is 2.84. The zero-order valence-corrected chi connectivity index (χ0v) is 16.9. The molecule has 1 unspecified atom stereocenters. The first-order chi connectivity index (χ1) is 13.5. The van der Waals surface area contributed by atoms with Gasteiger partial charge in [0.15, 0.2) is 0 Å². The summed E-state index contributed by atoms with van der Waals surface area (Å²) in [6.07, 6.45) is 0. The Labute approximate surface area is 172 Å². The molecule has 0 bridgehead atoms. The topological polar surface area (TPSA) is 82.9 Å². The van der Waals surface area contributed by atoms with Gasteiger partial charge in [-0.25, -0.2) is 4.98 Å². The van der Waals surface area contributed by atoms with Crippen molar-refractivity contribution in [3.8, 4) is 10.9 Å². The monoisotopic (exact) mass is 420 g/mol. The normalized spacial score (nSPS) is 12.1. The van der Waals surface area contributed by atoms with E-state index in [-0.39, 0.29) is 32.2 Å². The van der Waals surface area contributed by atoms with E-state index in [1.54, 1.807) is 25.1 Å². The van der Waals surface area contributed by atoms with Gasteiger partial charge in [0.1, 0.15) is 5.75 Å². The molecule has 0 aliphatic carbocycles. The third kappa shape index (κ3) is 4.80. The maximum Gasteiger partial charge on any atom is 0.279 e. The van der Waals surface area contributed by atoms with Crippen LogP contribution in [0.25, 0.3) is 10.2 Å². The van der Waals surface area contributed by atoms with Crippen LogP contribution in [0.2, 0.25) is 5.02 Å². The van der Waals surface area contributed by atoms with Crippen molar-refractivity contribution in [3.63, 3.8) is 0 Å². The van der Waals surface area contributed by atoms with E-state index in [1.165, 1.54) is 16.2 Å². The Morgan fingerprint density at radius 3 is 2.50 bits per heavy atom. The molecule has 8 heteroatoms. The second kappa shape index (κ2) is 9.34. The van der Waals surface area contributed by atoms with Crippen molar-refractivity contribution in [1.29, 1.82) is 0 Å². The molecule has 0 aliphatic heterocycles. The summed E-state index contributed by atoms with van der Waals surface area (Å²) in [5.41, 5.74) is 1.66. The number of carbonyl (C=O) groups is 1. The molecule has 3 rings (SSSR count). The lowest BCUT2D eigenvalue weighted by Gasteiger charge is -2.24. The highest BCUT2D eigenvalue weighted by Crippen LogP contribution is 2.33. The number of carbonyl (C=O) groups excluding carboxylic acids is 1. The first-order valence-corrected chi connectivity index (χ1v) is 10.1. The van der Waals surface area contributed by atoms with Crippen LogP contribution in [-0.2, 0) is 4.79 Å². The number of amides is 1. The molecular weight excluding hydrogens is 400 g/mol. The molecule has 148 valence electrons. The molecule has 0 saturated heterocycles. The Morgan fingerprint density at radius 1 is 1.18 bits per heavy atom. The summed E-state index contributed by atoms with van der Waals surface area (Å²) in [7, 11) is 0. The van der Waals surface area contributed by atoms with Crippen molar-refractivity contribution in [2.24, 2.45) is 0 Å². The lowest BCUT2D eigenvalue weighted by Crippen LogP contribution is -2.38. The minimum absolute atomic E-state index is 0.139. The van der Waals surface area contributed by atoms with Crippen LogP contribution in [-0.4, -0.2) is 52.3 Å². The molecule has 3 aromatic rings. The van der Waals surface area contributed by atoms with Gasteiger partial charge in [0, 0.05) is 18.1 Å². The Morgan fingerprint density at radius 2 is 1.86 bits per heavy atom. The molecule has 6 nitrogen and oxygen atoms in total. The van der Waals surface area contributed by atoms with Crippen molar-refractivity contribution in [2.75, 3.05) is 26.3 Å². The van der Waals surface area contributed by atoms with E-state index in [2.05, 4.69) is 4.98 Å². The van der Waals surface area contributed by atoms with E-state index in [0.717, 1.165) is 15.8 Å². The van der Waals surface area contributed by atoms with E-state index < -0.39 is 5.92 Å². The third-order valence-electron chi connectivity index (χ3n) is 4.34. The van der Waals surface area contributed by atoms with E-state index >= 15 is 0 Å². The number of aromatic nitrogens is 1. The highest BCUT2D eigenvalue weighted by atomic mass is 35.5. The molecule has 2 N–H and O–H groups in total. The number of fused-ring (bicyclic) bond motifs is 1. The standard InChI is InChI=1S/C20H21ClN2O4S/c1-13(19(26)23(8-10-24)9-11-25)14-2-5-16(6-3-14)27-20-22-17-7-4-15(21)12-18(17)28-20/h2-7,12-13,24-25H,8-11H2,1H3. The highest BCUT2D eigenvalue weighted by Gasteiger charge is 2.21. The number of benzene rings is 2. The average molecular weight is 421 g/mol. The van der Waals surface area contributed by atoms with Crippen molar-refractivity contribution >= 4 is 39.1 Å². The van der Waals surface area contributed by atoms with Gasteiger partial charge in [-0.05, 0) is 42.8 Å². The van der Waals surface area contributed by atoms with Crippen molar-refractivity contribution < 1.29 is 19.7 Å². The van der Waals surface area contributed by atoms with Gasteiger partial charge in [-0.3, -0.25) is 4.79 Å². The molecule has 0 spiro atoms. The van der Waals surface area contributed by atoms with Crippen molar-refractivity contribution in [1.82, 2.24) is 9.88 Å². The highest BCUT2D eigenvalue weighted by molar-refractivity contribution is 7.20. The molecule has 0 fully saturated rings. The maximum atomic E-state index is 12.6. The fourth-order valence-corrected chi connectivity index (χ4v) is 3.95. The van der Waals surface area contributed by atoms with Crippen LogP contribution in [0, 0.1) is 0 Å². The summed E-state index contributed by atoms with van der Waals surface area (Å²) >= 11 is 7.41. The van der Waals surface area contributed by atoms with Crippen molar-refractivity contribution in [2.45, 2.75) is 12.8 Å². The van der Waals surface area contributed by atoms with E-state index in [9.17, 15) is 4.79 Å². The molecular formula is C20H21ClN2O4S. The Balaban J connectivity index is 1.70. The number of aliphatic hydroxyl groups is 2. The Kier molecular flexibility index (Phi) is 6.85. The van der Waals surface area contributed by atoms with Crippen molar-refractivity contribution in [3.05, 3.63) is 53.1 Å². The molecule has 0 aliphatic rings. The number of aliphatic hydroxyl groups excluding tert-OH is 2. The second-order valence-corrected chi connectivity index (χ2v) is 7.69. The van der Waals surface area contributed by atoms with Gasteiger partial charge in [0.05, 0.1) is 29.3 Å². The first-order valence-electron chi connectivity index (χ1n) is 8.86. The third-order valence-corrected chi connectivity index (χ3v) is 5.47. The second-order valence-electron chi connectivity index (χ2n) is 6.26. The summed E-state index contributed by atoms with van der Waals surface area (Å²) in [6, 6.07) is 12.7. The molecule has 1 atom stereocenters. The molecule has 1 amide bonds. The Bertz CT molecular complexity index is 939. The number of hydrogen-bond acceptors (Lipinski definition) is 6.